The number of carbonyl (C=O) groups is 3. The molecule has 0 saturated heterocycles. The van der Waals surface area contributed by atoms with Crippen molar-refractivity contribution in [2.45, 2.75) is 19.3 Å². The smallest absolute Gasteiger partial charge is 0.335 e. The number of nitriles is 2. The van der Waals surface area contributed by atoms with Crippen LogP contribution in [-0.4, -0.2) is 22.9 Å². The lowest BCUT2D eigenvalue weighted by Gasteiger charge is -2.16. The van der Waals surface area contributed by atoms with Crippen LogP contribution in [0.2, 0.25) is 0 Å². The summed E-state index contributed by atoms with van der Waals surface area (Å²) in [7, 11) is 0. The first kappa shape index (κ1) is 35.5. The molecule has 3 N–H and O–H groups in total. The summed E-state index contributed by atoms with van der Waals surface area (Å²) in [5, 5.41) is 34.4. The summed E-state index contributed by atoms with van der Waals surface area (Å²) in [6, 6.07) is 40.9. The Labute approximate surface area is 305 Å². The molecule has 0 saturated carbocycles. The van der Waals surface area contributed by atoms with Gasteiger partial charge in [-0.2, -0.15) is 10.5 Å². The van der Waals surface area contributed by atoms with Gasteiger partial charge in [0.05, 0.1) is 28.8 Å². The van der Waals surface area contributed by atoms with Crippen molar-refractivity contribution in [2.24, 2.45) is 0 Å². The minimum Gasteiger partial charge on any atom is -0.478 e. The molecule has 2 amide bonds. The van der Waals surface area contributed by atoms with Gasteiger partial charge in [-0.25, -0.2) is 9.18 Å². The van der Waals surface area contributed by atoms with E-state index < -0.39 is 17.7 Å². The van der Waals surface area contributed by atoms with Gasteiger partial charge in [-0.1, -0.05) is 54.6 Å². The molecule has 0 fully saturated rings. The molecule has 8 nitrogen and oxygen atoms in total. The van der Waals surface area contributed by atoms with E-state index in [4.69, 9.17) is 0 Å². The number of hydrogen-bond acceptors (Lipinski definition) is 5. The average molecular weight is 699 g/mol. The van der Waals surface area contributed by atoms with Crippen molar-refractivity contribution in [3.63, 3.8) is 0 Å². The Morgan fingerprint density at radius 2 is 1.11 bits per heavy atom. The SMILES string of the molecule is N#Cc1cccc(Cc2cc(C(=O)O)ccc2NC(=O)c2ccc(NC(=O)c3cccc(Cc4ccccc4C#N)c3)c(Cc3ccc(F)cc3)c2)c1. The van der Waals surface area contributed by atoms with E-state index in [-0.39, 0.29) is 29.9 Å². The second-order valence-electron chi connectivity index (χ2n) is 12.4. The average Bonchev–Trinajstić information content (AvgIpc) is 3.17. The number of hydrogen-bond donors (Lipinski definition) is 3. The van der Waals surface area contributed by atoms with Crippen LogP contribution in [0.3, 0.4) is 0 Å². The van der Waals surface area contributed by atoms with E-state index in [2.05, 4.69) is 22.8 Å². The van der Waals surface area contributed by atoms with Crippen LogP contribution in [0.15, 0.2) is 133 Å². The molecule has 53 heavy (non-hydrogen) atoms. The first-order valence-electron chi connectivity index (χ1n) is 16.6. The van der Waals surface area contributed by atoms with Crippen LogP contribution in [0.5, 0.6) is 0 Å². The minimum atomic E-state index is -1.12. The minimum absolute atomic E-state index is 0.0497. The van der Waals surface area contributed by atoms with Crippen LogP contribution >= 0.6 is 0 Å². The number of halogens is 1. The first-order chi connectivity index (χ1) is 25.7. The molecule has 0 aliphatic heterocycles. The zero-order chi connectivity index (χ0) is 37.3. The third-order valence-electron chi connectivity index (χ3n) is 8.70. The maximum Gasteiger partial charge on any atom is 0.335 e. The van der Waals surface area contributed by atoms with Gasteiger partial charge in [-0.15, -0.1) is 0 Å². The number of benzene rings is 6. The second-order valence-corrected chi connectivity index (χ2v) is 12.4. The van der Waals surface area contributed by atoms with Gasteiger partial charge in [0, 0.05) is 22.5 Å². The zero-order valence-electron chi connectivity index (χ0n) is 28.3. The summed E-state index contributed by atoms with van der Waals surface area (Å²) in [5.74, 6) is -2.35. The number of nitrogens with zero attached hydrogens (tertiary/aromatic N) is 2. The highest BCUT2D eigenvalue weighted by Gasteiger charge is 2.17. The Kier molecular flexibility index (Phi) is 10.8. The third-order valence-corrected chi connectivity index (χ3v) is 8.70. The van der Waals surface area contributed by atoms with Crippen LogP contribution in [0.1, 0.15) is 75.6 Å². The number of anilines is 2. The van der Waals surface area contributed by atoms with E-state index in [1.807, 2.05) is 24.3 Å². The molecule has 0 radical (unpaired) electrons. The Morgan fingerprint density at radius 3 is 1.77 bits per heavy atom. The van der Waals surface area contributed by atoms with Crippen molar-refractivity contribution in [3.8, 4) is 12.1 Å². The highest BCUT2D eigenvalue weighted by atomic mass is 19.1. The molecular weight excluding hydrogens is 668 g/mol. The maximum absolute atomic E-state index is 13.8. The Bertz CT molecular complexity index is 2440. The molecule has 0 atom stereocenters. The molecule has 0 aliphatic rings. The van der Waals surface area contributed by atoms with Gasteiger partial charge in [-0.3, -0.25) is 9.59 Å². The number of carbonyl (C=O) groups excluding carboxylic acids is 2. The molecule has 0 heterocycles. The summed E-state index contributed by atoms with van der Waals surface area (Å²) in [6.45, 7) is 0. The van der Waals surface area contributed by atoms with E-state index in [9.17, 15) is 34.4 Å². The van der Waals surface area contributed by atoms with Crippen LogP contribution in [-0.2, 0) is 19.3 Å². The van der Waals surface area contributed by atoms with Gasteiger partial charge >= 0.3 is 5.97 Å². The summed E-state index contributed by atoms with van der Waals surface area (Å²) >= 11 is 0. The molecule has 6 rings (SSSR count). The molecule has 6 aromatic rings. The third kappa shape index (κ3) is 8.87. The lowest BCUT2D eigenvalue weighted by Crippen LogP contribution is -2.17. The topological polar surface area (TPSA) is 143 Å². The van der Waals surface area contributed by atoms with Gasteiger partial charge in [-0.05, 0) is 132 Å². The van der Waals surface area contributed by atoms with Gasteiger partial charge in [0.2, 0.25) is 0 Å². The van der Waals surface area contributed by atoms with Crippen molar-refractivity contribution >= 4 is 29.2 Å². The van der Waals surface area contributed by atoms with Crippen molar-refractivity contribution in [3.05, 3.63) is 200 Å². The number of amides is 2. The fourth-order valence-corrected chi connectivity index (χ4v) is 6.01. The molecule has 6 aromatic carbocycles. The maximum atomic E-state index is 13.8. The number of rotatable bonds is 11. The van der Waals surface area contributed by atoms with Crippen LogP contribution in [0.4, 0.5) is 15.8 Å². The molecule has 0 unspecified atom stereocenters. The Morgan fingerprint density at radius 1 is 0.547 bits per heavy atom. The van der Waals surface area contributed by atoms with Crippen LogP contribution in [0.25, 0.3) is 0 Å². The van der Waals surface area contributed by atoms with Crippen LogP contribution < -0.4 is 10.6 Å². The van der Waals surface area contributed by atoms with Gasteiger partial charge in [0.15, 0.2) is 0 Å². The number of nitrogens with one attached hydrogen (secondary N) is 2. The fourth-order valence-electron chi connectivity index (χ4n) is 6.01. The quantitative estimate of drug-likeness (QED) is 0.124. The Balaban J connectivity index is 1.28. The fraction of sp³-hybridized carbons (Fsp3) is 0.0682. The molecule has 0 spiro atoms. The molecule has 0 bridgehead atoms. The summed E-state index contributed by atoms with van der Waals surface area (Å²) in [4.78, 5) is 39.1. The lowest BCUT2D eigenvalue weighted by atomic mass is 9.98. The predicted octanol–water partition coefficient (Wildman–Crippen LogP) is 8.54. The van der Waals surface area contributed by atoms with Crippen molar-refractivity contribution < 1.29 is 23.9 Å². The van der Waals surface area contributed by atoms with Crippen molar-refractivity contribution in [1.82, 2.24) is 0 Å². The molecular formula is C44H31FN4O4. The van der Waals surface area contributed by atoms with Crippen molar-refractivity contribution in [1.29, 1.82) is 10.5 Å². The highest BCUT2D eigenvalue weighted by Crippen LogP contribution is 2.26. The summed E-state index contributed by atoms with van der Waals surface area (Å²) < 4.78 is 13.8. The number of aromatic carboxylic acids is 1. The van der Waals surface area contributed by atoms with E-state index in [0.717, 1.165) is 22.3 Å². The normalized spacial score (nSPS) is 10.5. The van der Waals surface area contributed by atoms with Gasteiger partial charge < -0.3 is 15.7 Å². The molecule has 258 valence electrons. The highest BCUT2D eigenvalue weighted by molar-refractivity contribution is 6.07. The van der Waals surface area contributed by atoms with E-state index in [1.54, 1.807) is 78.9 Å². The first-order valence-corrected chi connectivity index (χ1v) is 16.6. The van der Waals surface area contributed by atoms with Crippen LogP contribution in [0, 0.1) is 28.5 Å². The van der Waals surface area contributed by atoms with Gasteiger partial charge in [0.1, 0.15) is 5.82 Å². The zero-order valence-corrected chi connectivity index (χ0v) is 28.3. The summed E-state index contributed by atoms with van der Waals surface area (Å²) in [6.07, 6.45) is 1.01. The summed E-state index contributed by atoms with van der Waals surface area (Å²) in [5.41, 5.74) is 6.98. The van der Waals surface area contributed by atoms with E-state index >= 15 is 0 Å². The van der Waals surface area contributed by atoms with E-state index in [1.165, 1.54) is 30.3 Å². The largest absolute Gasteiger partial charge is 0.478 e. The molecule has 0 aliphatic carbocycles. The molecule has 9 heteroatoms. The standard InChI is InChI=1S/C44H31FN4O4/c45-39-15-11-28(12-16-39)20-37-24-34(43(51)49-41-18-14-35(44(52)53)25-38(41)23-29-5-3-7-31(19-29)26-46)13-17-40(37)48-42(50)33-10-4-6-30(22-33)21-32-8-1-2-9-36(32)27-47/h1-19,22,24-25H,20-21,23H2,(H,48,50)(H,49,51)(H,52,53). The monoisotopic (exact) mass is 698 g/mol. The lowest BCUT2D eigenvalue weighted by molar-refractivity contribution is 0.0696. The number of carboxylic acid groups (broad SMARTS) is 1. The number of carboxylic acids is 1. The Hall–Kier alpha value is -7.36. The van der Waals surface area contributed by atoms with Gasteiger partial charge in [0.25, 0.3) is 11.8 Å². The predicted molar refractivity (Wildman–Crippen MR) is 199 cm³/mol. The molecule has 0 aromatic heterocycles. The van der Waals surface area contributed by atoms with E-state index in [0.29, 0.717) is 45.6 Å². The van der Waals surface area contributed by atoms with Crippen molar-refractivity contribution in [2.75, 3.05) is 10.6 Å². The second kappa shape index (κ2) is 16.1.